The monoisotopic (exact) mass is 551 g/mol. The smallest absolute Gasteiger partial charge is 0.459 e. The van der Waals surface area contributed by atoms with Crippen molar-refractivity contribution in [3.63, 3.8) is 0 Å². The molecule has 2 unspecified atom stereocenters. The Balaban J connectivity index is 1.72. The van der Waals surface area contributed by atoms with Crippen LogP contribution in [0.15, 0.2) is 34.0 Å². The van der Waals surface area contributed by atoms with Crippen LogP contribution >= 0.6 is 30.9 Å². The summed E-state index contributed by atoms with van der Waals surface area (Å²) in [5.74, 6) is -0.608. The van der Waals surface area contributed by atoms with E-state index in [2.05, 4.69) is 10.1 Å². The van der Waals surface area contributed by atoms with Gasteiger partial charge in [0.2, 0.25) is 0 Å². The average molecular weight is 552 g/mol. The van der Waals surface area contributed by atoms with Crippen LogP contribution in [-0.4, -0.2) is 47.7 Å². The molecule has 1 saturated heterocycles. The number of carbonyl (C=O) groups is 1. The molecule has 1 aromatic carbocycles. The van der Waals surface area contributed by atoms with Gasteiger partial charge in [-0.3, -0.25) is 23.7 Å². The summed E-state index contributed by atoms with van der Waals surface area (Å²) >= 11 is 11.9. The van der Waals surface area contributed by atoms with Gasteiger partial charge in [-0.05, 0) is 32.9 Å². The van der Waals surface area contributed by atoms with Crippen LogP contribution in [0.4, 0.5) is 0 Å². The lowest BCUT2D eigenvalue weighted by Gasteiger charge is -2.24. The molecule has 15 heteroatoms. The summed E-state index contributed by atoms with van der Waals surface area (Å²) in [4.78, 5) is 37.9. The van der Waals surface area contributed by atoms with Gasteiger partial charge in [0.15, 0.2) is 12.5 Å². The van der Waals surface area contributed by atoms with Crippen molar-refractivity contribution in [2.75, 3.05) is 19.8 Å². The second-order valence-corrected chi connectivity index (χ2v) is 9.90. The van der Waals surface area contributed by atoms with Crippen molar-refractivity contribution in [3.05, 3.63) is 60.8 Å². The van der Waals surface area contributed by atoms with Crippen LogP contribution in [0.5, 0.6) is 5.75 Å². The molecule has 12 nitrogen and oxygen atoms in total. The minimum atomic E-state index is -4.21. The van der Waals surface area contributed by atoms with E-state index in [1.807, 2.05) is 0 Å². The Labute approximate surface area is 210 Å². The van der Waals surface area contributed by atoms with E-state index in [9.17, 15) is 18.9 Å². The summed E-state index contributed by atoms with van der Waals surface area (Å²) in [6.07, 6.45) is -0.544. The first-order chi connectivity index (χ1) is 16.5. The second kappa shape index (κ2) is 11.7. The minimum Gasteiger partial charge on any atom is -0.465 e. The summed E-state index contributed by atoms with van der Waals surface area (Å²) in [7, 11) is -4.21. The number of H-pyrrole nitrogens is 1. The van der Waals surface area contributed by atoms with Crippen molar-refractivity contribution in [1.29, 1.82) is 0 Å². The molecule has 1 aliphatic rings. The third-order valence-electron chi connectivity index (χ3n) is 4.68. The number of aromatic amines is 1. The number of rotatable bonds is 10. The van der Waals surface area contributed by atoms with Crippen molar-refractivity contribution < 1.29 is 32.6 Å². The van der Waals surface area contributed by atoms with Crippen LogP contribution in [0.25, 0.3) is 0 Å². The number of halogens is 2. The number of benzene rings is 1. The number of hydrogen-bond donors (Lipinski definition) is 2. The average Bonchev–Trinajstić information content (AvgIpc) is 3.26. The highest BCUT2D eigenvalue weighted by Gasteiger charge is 2.36. The van der Waals surface area contributed by atoms with Gasteiger partial charge < -0.3 is 18.7 Å². The third kappa shape index (κ3) is 7.17. The first kappa shape index (κ1) is 27.4. The van der Waals surface area contributed by atoms with Gasteiger partial charge >= 0.3 is 19.4 Å². The second-order valence-electron chi connectivity index (χ2n) is 7.40. The molecule has 0 radical (unpaired) electrons. The Hall–Kier alpha value is -2.18. The Morgan fingerprint density at radius 1 is 1.34 bits per heavy atom. The topological polar surface area (TPSA) is 147 Å². The van der Waals surface area contributed by atoms with Gasteiger partial charge in [-0.15, -0.1) is 0 Å². The Morgan fingerprint density at radius 2 is 2.09 bits per heavy atom. The van der Waals surface area contributed by atoms with Crippen molar-refractivity contribution in [1.82, 2.24) is 14.6 Å². The molecular formula is C20H24Cl2N3O9P. The molecule has 1 aromatic heterocycles. The molecule has 0 amide bonds. The molecule has 0 saturated carbocycles. The zero-order valence-electron chi connectivity index (χ0n) is 19.0. The molecule has 2 aromatic rings. The van der Waals surface area contributed by atoms with E-state index in [0.29, 0.717) is 5.56 Å². The summed E-state index contributed by atoms with van der Waals surface area (Å²) < 4.78 is 41.7. The molecule has 2 heterocycles. The van der Waals surface area contributed by atoms with Crippen LogP contribution in [-0.2, 0) is 28.1 Å². The molecule has 192 valence electrons. The Bertz CT molecular complexity index is 1240. The zero-order chi connectivity index (χ0) is 25.8. The summed E-state index contributed by atoms with van der Waals surface area (Å²) in [5.41, 5.74) is -0.869. The summed E-state index contributed by atoms with van der Waals surface area (Å²) in [5, 5.41) is 2.92. The number of nitrogens with one attached hydrogen (secondary N) is 2. The predicted molar refractivity (Wildman–Crippen MR) is 126 cm³/mol. The summed E-state index contributed by atoms with van der Waals surface area (Å²) in [6.45, 7) is 4.29. The van der Waals surface area contributed by atoms with Gasteiger partial charge in [0.1, 0.15) is 18.4 Å². The Morgan fingerprint density at radius 3 is 2.77 bits per heavy atom. The van der Waals surface area contributed by atoms with Gasteiger partial charge in [0.25, 0.3) is 5.56 Å². The van der Waals surface area contributed by atoms with E-state index in [1.165, 1.54) is 42.8 Å². The molecule has 0 bridgehead atoms. The fourth-order valence-corrected chi connectivity index (χ4v) is 4.71. The first-order valence-corrected chi connectivity index (χ1v) is 12.7. The van der Waals surface area contributed by atoms with Crippen molar-refractivity contribution in [2.24, 2.45) is 0 Å². The number of ether oxygens (including phenoxy) is 3. The number of aryl methyl sites for hydroxylation is 1. The molecule has 35 heavy (non-hydrogen) atoms. The van der Waals surface area contributed by atoms with E-state index in [-0.39, 0.29) is 29.0 Å². The predicted octanol–water partition coefficient (Wildman–Crippen LogP) is 2.77. The largest absolute Gasteiger partial charge is 0.465 e. The molecule has 1 fully saturated rings. The minimum absolute atomic E-state index is 0.0377. The van der Waals surface area contributed by atoms with Gasteiger partial charge in [0, 0.05) is 17.8 Å². The number of aromatic nitrogens is 2. The lowest BCUT2D eigenvalue weighted by molar-refractivity contribution is -0.144. The normalized spacial score (nSPS) is 20.3. The van der Waals surface area contributed by atoms with Gasteiger partial charge in [-0.2, -0.15) is 5.09 Å². The lowest BCUT2D eigenvalue weighted by atomic mass is 10.3. The number of nitrogens with zero attached hydrogens (tertiary/aromatic N) is 1. The molecule has 4 atom stereocenters. The van der Waals surface area contributed by atoms with Gasteiger partial charge in [0.05, 0.1) is 23.3 Å². The maximum atomic E-state index is 13.5. The highest BCUT2D eigenvalue weighted by molar-refractivity contribution is 7.52. The molecule has 2 N–H and O–H groups in total. The lowest BCUT2D eigenvalue weighted by Crippen LogP contribution is -2.36. The number of carbonyl (C=O) groups excluding carboxylic acids is 1. The highest BCUT2D eigenvalue weighted by atomic mass is 35.5. The van der Waals surface area contributed by atoms with Gasteiger partial charge in [-0.25, -0.2) is 9.36 Å². The highest BCUT2D eigenvalue weighted by Crippen LogP contribution is 2.46. The van der Waals surface area contributed by atoms with Crippen LogP contribution in [0.3, 0.4) is 0 Å². The van der Waals surface area contributed by atoms with Crippen LogP contribution in [0.1, 0.15) is 25.6 Å². The number of esters is 1. The van der Waals surface area contributed by atoms with E-state index in [0.717, 1.165) is 0 Å². The first-order valence-electron chi connectivity index (χ1n) is 10.4. The van der Waals surface area contributed by atoms with Crippen LogP contribution < -0.4 is 20.9 Å². The quantitative estimate of drug-likeness (QED) is 0.333. The fraction of sp³-hybridized carbons (Fsp3) is 0.450. The Kier molecular flexibility index (Phi) is 9.16. The SMILES string of the molecule is CCOC(=O)C(C)NP(=O)(OC[C@@H]1OC[C@H](n2cc(C)c(=O)[nH]c2=O)O1)Oc1ccc(Cl)c(Cl)c1. The van der Waals surface area contributed by atoms with Crippen LogP contribution in [0.2, 0.25) is 10.0 Å². The molecular weight excluding hydrogens is 528 g/mol. The van der Waals surface area contributed by atoms with Crippen molar-refractivity contribution >= 4 is 36.9 Å². The zero-order valence-corrected chi connectivity index (χ0v) is 21.4. The fourth-order valence-electron chi connectivity index (χ4n) is 2.96. The van der Waals surface area contributed by atoms with Gasteiger partial charge in [-0.1, -0.05) is 23.2 Å². The molecule has 0 aliphatic carbocycles. The summed E-state index contributed by atoms with van der Waals surface area (Å²) in [6, 6.07) is 3.14. The maximum absolute atomic E-state index is 13.5. The van der Waals surface area contributed by atoms with Crippen molar-refractivity contribution in [3.8, 4) is 5.75 Å². The molecule has 3 rings (SSSR count). The number of hydrogen-bond acceptors (Lipinski definition) is 9. The standard InChI is InChI=1S/C20H24Cl2N3O9P/c1-4-30-19(27)12(3)24-35(29,34-13-5-6-14(21)15(22)7-13)32-10-17-31-9-16(33-17)25-8-11(2)18(26)23-20(25)28/h5-8,12,16-17H,4,9-10H2,1-3H3,(H,24,29)(H,23,26,28)/t12?,16-,17-,35?/m1/s1. The molecule has 1 aliphatic heterocycles. The molecule has 0 spiro atoms. The van der Waals surface area contributed by atoms with Crippen LogP contribution in [0, 0.1) is 6.92 Å². The van der Waals surface area contributed by atoms with E-state index in [1.54, 1.807) is 6.92 Å². The third-order valence-corrected chi connectivity index (χ3v) is 7.06. The maximum Gasteiger partial charge on any atom is 0.459 e. The van der Waals surface area contributed by atoms with E-state index in [4.69, 9.17) is 46.5 Å². The van der Waals surface area contributed by atoms with E-state index < -0.39 is 50.1 Å². The van der Waals surface area contributed by atoms with E-state index >= 15 is 0 Å². The van der Waals surface area contributed by atoms with Crippen molar-refractivity contribution in [2.45, 2.75) is 39.3 Å².